The second kappa shape index (κ2) is 8.49. The van der Waals surface area contributed by atoms with Crippen LogP contribution in [0, 0.1) is 0 Å². The molecule has 0 aliphatic rings. The van der Waals surface area contributed by atoms with Gasteiger partial charge in [-0.15, -0.1) is 5.10 Å². The van der Waals surface area contributed by atoms with Gasteiger partial charge in [-0.05, 0) is 43.5 Å². The molecule has 0 spiro atoms. The molecule has 0 saturated heterocycles. The summed E-state index contributed by atoms with van der Waals surface area (Å²) in [6, 6.07) is 15.9. The highest BCUT2D eigenvalue weighted by Gasteiger charge is 2.10. The monoisotopic (exact) mass is 363 g/mol. The molecule has 1 aromatic heterocycles. The molecule has 140 valence electrons. The molecule has 0 aliphatic heterocycles. The number of aromatic nitrogens is 3. The number of nitrogens with zero attached hydrogens (tertiary/aromatic N) is 3. The molecule has 2 N–H and O–H groups in total. The van der Waals surface area contributed by atoms with E-state index in [9.17, 15) is 0 Å². The Balaban J connectivity index is 1.81. The van der Waals surface area contributed by atoms with Crippen LogP contribution in [0.15, 0.2) is 54.7 Å². The minimum absolute atomic E-state index is 0.0845. The zero-order valence-corrected chi connectivity index (χ0v) is 16.1. The van der Waals surface area contributed by atoms with Gasteiger partial charge in [-0.25, -0.2) is 0 Å². The van der Waals surface area contributed by atoms with E-state index in [1.807, 2.05) is 56.3 Å². The fraction of sp³-hybridized carbons (Fsp3) is 0.286. The molecule has 3 rings (SSSR count). The topological polar surface area (TPSA) is 72.0 Å². The van der Waals surface area contributed by atoms with Gasteiger partial charge in [-0.1, -0.05) is 44.2 Å². The van der Waals surface area contributed by atoms with Crippen molar-refractivity contribution in [2.75, 3.05) is 10.6 Å². The summed E-state index contributed by atoms with van der Waals surface area (Å²) in [7, 11) is 0. The zero-order valence-electron chi connectivity index (χ0n) is 16.1. The Morgan fingerprint density at radius 1 is 0.852 bits per heavy atom. The highest BCUT2D eigenvalue weighted by Crippen LogP contribution is 2.28. The Kier molecular flexibility index (Phi) is 5.86. The van der Waals surface area contributed by atoms with Crippen LogP contribution in [0.4, 0.5) is 23.1 Å². The molecule has 3 aromatic rings. The number of hydrogen-bond donors (Lipinski definition) is 2. The van der Waals surface area contributed by atoms with E-state index in [2.05, 4.69) is 45.7 Å². The SMILES string of the molecule is CC(C)Oc1ccccc1Nc1cnnc(Nc2ccccc2C(C)C)n1. The van der Waals surface area contributed by atoms with Crippen molar-refractivity contribution in [2.45, 2.75) is 39.7 Å². The number of hydrogen-bond acceptors (Lipinski definition) is 6. The first-order valence-corrected chi connectivity index (χ1v) is 9.11. The van der Waals surface area contributed by atoms with E-state index in [0.29, 0.717) is 17.7 Å². The van der Waals surface area contributed by atoms with E-state index in [-0.39, 0.29) is 6.10 Å². The average Bonchev–Trinajstić information content (AvgIpc) is 2.63. The third kappa shape index (κ3) is 4.94. The second-order valence-electron chi connectivity index (χ2n) is 6.82. The number of nitrogens with one attached hydrogen (secondary N) is 2. The summed E-state index contributed by atoms with van der Waals surface area (Å²) in [6.07, 6.45) is 1.67. The van der Waals surface area contributed by atoms with E-state index in [0.717, 1.165) is 17.1 Å². The summed E-state index contributed by atoms with van der Waals surface area (Å²) in [5, 5.41) is 14.7. The molecule has 0 saturated carbocycles. The lowest BCUT2D eigenvalue weighted by Crippen LogP contribution is -2.08. The van der Waals surface area contributed by atoms with E-state index >= 15 is 0 Å². The standard InChI is InChI=1S/C21H25N5O/c1-14(2)16-9-5-6-10-17(16)24-21-25-20(13-22-26-21)23-18-11-7-8-12-19(18)27-15(3)4/h5-15H,1-4H3,(H2,23,24,25,26). The predicted octanol–water partition coefficient (Wildman–Crippen LogP) is 5.27. The number of para-hydroxylation sites is 3. The van der Waals surface area contributed by atoms with Crippen molar-refractivity contribution in [2.24, 2.45) is 0 Å². The molecule has 0 fully saturated rings. The summed E-state index contributed by atoms with van der Waals surface area (Å²) < 4.78 is 5.84. The van der Waals surface area contributed by atoms with Crippen LogP contribution >= 0.6 is 0 Å². The van der Waals surface area contributed by atoms with E-state index < -0.39 is 0 Å². The first-order chi connectivity index (χ1) is 13.0. The van der Waals surface area contributed by atoms with Crippen molar-refractivity contribution in [1.29, 1.82) is 0 Å². The van der Waals surface area contributed by atoms with Crippen molar-refractivity contribution in [1.82, 2.24) is 15.2 Å². The van der Waals surface area contributed by atoms with Gasteiger partial charge in [-0.3, -0.25) is 0 Å². The highest BCUT2D eigenvalue weighted by molar-refractivity contribution is 5.65. The molecular weight excluding hydrogens is 338 g/mol. The van der Waals surface area contributed by atoms with E-state index in [1.165, 1.54) is 5.56 Å². The van der Waals surface area contributed by atoms with Crippen LogP contribution in [0.2, 0.25) is 0 Å². The molecule has 1 heterocycles. The third-order valence-corrected chi connectivity index (χ3v) is 3.90. The summed E-state index contributed by atoms with van der Waals surface area (Å²) in [5.74, 6) is 2.19. The van der Waals surface area contributed by atoms with Crippen molar-refractivity contribution in [3.05, 3.63) is 60.3 Å². The van der Waals surface area contributed by atoms with Crippen molar-refractivity contribution >= 4 is 23.1 Å². The van der Waals surface area contributed by atoms with Crippen LogP contribution in [-0.4, -0.2) is 21.3 Å². The lowest BCUT2D eigenvalue weighted by atomic mass is 10.0. The van der Waals surface area contributed by atoms with Crippen LogP contribution in [0.25, 0.3) is 0 Å². The molecule has 0 atom stereocenters. The van der Waals surface area contributed by atoms with Gasteiger partial charge in [0.25, 0.3) is 0 Å². The molecule has 6 nitrogen and oxygen atoms in total. The summed E-state index contributed by atoms with van der Waals surface area (Å²) >= 11 is 0. The molecule has 2 aromatic carbocycles. The Hall–Kier alpha value is -3.15. The molecular formula is C21H25N5O. The number of rotatable bonds is 7. The first kappa shape index (κ1) is 18.6. The largest absolute Gasteiger partial charge is 0.489 e. The van der Waals surface area contributed by atoms with E-state index in [4.69, 9.17) is 4.74 Å². The summed E-state index contributed by atoms with van der Waals surface area (Å²) in [4.78, 5) is 4.53. The molecule has 27 heavy (non-hydrogen) atoms. The van der Waals surface area contributed by atoms with Crippen molar-refractivity contribution in [3.8, 4) is 5.75 Å². The van der Waals surface area contributed by atoms with Gasteiger partial charge in [0.15, 0.2) is 5.82 Å². The fourth-order valence-corrected chi connectivity index (χ4v) is 2.72. The quantitative estimate of drug-likeness (QED) is 0.596. The first-order valence-electron chi connectivity index (χ1n) is 9.11. The van der Waals surface area contributed by atoms with Gasteiger partial charge in [-0.2, -0.15) is 10.1 Å². The number of benzene rings is 2. The molecule has 0 radical (unpaired) electrons. The molecule has 0 aliphatic carbocycles. The van der Waals surface area contributed by atoms with Gasteiger partial charge in [0.1, 0.15) is 5.75 Å². The van der Waals surface area contributed by atoms with Crippen LogP contribution in [0.1, 0.15) is 39.2 Å². The van der Waals surface area contributed by atoms with Gasteiger partial charge in [0.05, 0.1) is 18.0 Å². The maximum atomic E-state index is 5.84. The highest BCUT2D eigenvalue weighted by atomic mass is 16.5. The lowest BCUT2D eigenvalue weighted by molar-refractivity contribution is 0.244. The maximum Gasteiger partial charge on any atom is 0.249 e. The lowest BCUT2D eigenvalue weighted by Gasteiger charge is -2.16. The van der Waals surface area contributed by atoms with Crippen LogP contribution in [0.5, 0.6) is 5.75 Å². The smallest absolute Gasteiger partial charge is 0.249 e. The fourth-order valence-electron chi connectivity index (χ4n) is 2.72. The number of ether oxygens (including phenoxy) is 1. The van der Waals surface area contributed by atoms with Gasteiger partial charge in [0, 0.05) is 5.69 Å². The minimum Gasteiger partial charge on any atom is -0.489 e. The van der Waals surface area contributed by atoms with Gasteiger partial charge < -0.3 is 15.4 Å². The maximum absolute atomic E-state index is 5.84. The molecule has 0 unspecified atom stereocenters. The molecule has 0 bridgehead atoms. The third-order valence-electron chi connectivity index (χ3n) is 3.90. The Morgan fingerprint density at radius 3 is 2.30 bits per heavy atom. The van der Waals surface area contributed by atoms with Gasteiger partial charge >= 0.3 is 0 Å². The van der Waals surface area contributed by atoms with Crippen molar-refractivity contribution in [3.63, 3.8) is 0 Å². The normalized spacial score (nSPS) is 10.9. The summed E-state index contributed by atoms with van der Waals surface area (Å²) in [5.41, 5.74) is 3.02. The Morgan fingerprint density at radius 2 is 1.56 bits per heavy atom. The van der Waals surface area contributed by atoms with Crippen molar-refractivity contribution < 1.29 is 4.74 Å². The predicted molar refractivity (Wildman–Crippen MR) is 109 cm³/mol. The Labute approximate surface area is 160 Å². The van der Waals surface area contributed by atoms with E-state index in [1.54, 1.807) is 6.20 Å². The Bertz CT molecular complexity index is 895. The summed E-state index contributed by atoms with van der Waals surface area (Å²) in [6.45, 7) is 8.31. The van der Waals surface area contributed by atoms with Crippen LogP contribution in [0.3, 0.4) is 0 Å². The van der Waals surface area contributed by atoms with Crippen LogP contribution < -0.4 is 15.4 Å². The minimum atomic E-state index is 0.0845. The van der Waals surface area contributed by atoms with Gasteiger partial charge in [0.2, 0.25) is 5.95 Å². The second-order valence-corrected chi connectivity index (χ2v) is 6.82. The average molecular weight is 363 g/mol. The number of anilines is 4. The molecule has 6 heteroatoms. The van der Waals surface area contributed by atoms with Crippen LogP contribution in [-0.2, 0) is 0 Å². The zero-order chi connectivity index (χ0) is 19.2. The molecule has 0 amide bonds.